The normalized spacial score (nSPS) is 29.9. The van der Waals surface area contributed by atoms with Gasteiger partial charge in [0.15, 0.2) is 0 Å². The molecule has 5 heteroatoms. The minimum Gasteiger partial charge on any atom is -0.327 e. The van der Waals surface area contributed by atoms with Crippen molar-refractivity contribution in [3.8, 4) is 0 Å². The second-order valence-corrected chi connectivity index (χ2v) is 7.66. The molecule has 0 aromatic rings. The summed E-state index contributed by atoms with van der Waals surface area (Å²) in [6.45, 7) is 3.27. The van der Waals surface area contributed by atoms with Gasteiger partial charge in [0.2, 0.25) is 10.0 Å². The van der Waals surface area contributed by atoms with Crippen LogP contribution in [0.3, 0.4) is 0 Å². The van der Waals surface area contributed by atoms with Crippen molar-refractivity contribution in [2.75, 3.05) is 18.8 Å². The van der Waals surface area contributed by atoms with Gasteiger partial charge in [-0.3, -0.25) is 0 Å². The highest BCUT2D eigenvalue weighted by molar-refractivity contribution is 7.89. The number of hydrogen-bond acceptors (Lipinski definition) is 3. The van der Waals surface area contributed by atoms with Crippen molar-refractivity contribution in [3.63, 3.8) is 0 Å². The number of nitrogens with zero attached hydrogens (tertiary/aromatic N) is 1. The van der Waals surface area contributed by atoms with Crippen molar-refractivity contribution in [3.05, 3.63) is 0 Å². The molecule has 0 bridgehead atoms. The third kappa shape index (κ3) is 2.51. The molecule has 1 spiro atoms. The van der Waals surface area contributed by atoms with Crippen LogP contribution in [-0.2, 0) is 10.0 Å². The maximum absolute atomic E-state index is 12.0. The summed E-state index contributed by atoms with van der Waals surface area (Å²) in [7, 11) is -3.00. The van der Waals surface area contributed by atoms with Gasteiger partial charge in [-0.2, -0.15) is 0 Å². The zero-order valence-corrected chi connectivity index (χ0v) is 11.5. The molecule has 1 saturated carbocycles. The van der Waals surface area contributed by atoms with Crippen LogP contribution in [0, 0.1) is 5.41 Å². The lowest BCUT2D eigenvalue weighted by atomic mass is 9.75. The van der Waals surface area contributed by atoms with Gasteiger partial charge < -0.3 is 5.73 Å². The first kappa shape index (κ1) is 13.3. The maximum Gasteiger partial charge on any atom is 0.214 e. The van der Waals surface area contributed by atoms with Crippen molar-refractivity contribution in [1.82, 2.24) is 4.31 Å². The van der Waals surface area contributed by atoms with E-state index < -0.39 is 10.0 Å². The number of rotatable bonds is 3. The van der Waals surface area contributed by atoms with Crippen molar-refractivity contribution >= 4 is 10.0 Å². The predicted octanol–water partition coefficient (Wildman–Crippen LogP) is 1.32. The number of sulfonamides is 1. The standard InChI is InChI=1S/C12H24N2O2S/c1-2-10-17(15,16)14-8-6-12(7-9-14)5-3-4-11(12)13/h11H,2-10,13H2,1H3. The molecule has 0 amide bonds. The molecular weight excluding hydrogens is 236 g/mol. The highest BCUT2D eigenvalue weighted by Crippen LogP contribution is 2.45. The molecule has 0 radical (unpaired) electrons. The molecule has 2 N–H and O–H groups in total. The van der Waals surface area contributed by atoms with Crippen molar-refractivity contribution in [2.24, 2.45) is 11.1 Å². The highest BCUT2D eigenvalue weighted by atomic mass is 32.2. The first-order valence-corrected chi connectivity index (χ1v) is 8.34. The Morgan fingerprint density at radius 3 is 2.41 bits per heavy atom. The zero-order valence-electron chi connectivity index (χ0n) is 10.7. The van der Waals surface area contributed by atoms with Gasteiger partial charge in [0.05, 0.1) is 5.75 Å². The molecule has 0 aromatic carbocycles. The summed E-state index contributed by atoms with van der Waals surface area (Å²) in [5.41, 5.74) is 6.44. The van der Waals surface area contributed by atoms with Crippen molar-refractivity contribution in [2.45, 2.75) is 51.5 Å². The SMILES string of the molecule is CCCS(=O)(=O)N1CCC2(CCCC2N)CC1. The molecule has 4 nitrogen and oxygen atoms in total. The van der Waals surface area contributed by atoms with Gasteiger partial charge in [0.1, 0.15) is 0 Å². The second kappa shape index (κ2) is 4.86. The van der Waals surface area contributed by atoms with Crippen LogP contribution in [0.5, 0.6) is 0 Å². The molecule has 1 aliphatic heterocycles. The lowest BCUT2D eigenvalue weighted by Gasteiger charge is -2.41. The summed E-state index contributed by atoms with van der Waals surface area (Å²) < 4.78 is 25.6. The summed E-state index contributed by atoms with van der Waals surface area (Å²) in [4.78, 5) is 0. The van der Waals surface area contributed by atoms with Crippen molar-refractivity contribution < 1.29 is 8.42 Å². The van der Waals surface area contributed by atoms with E-state index in [1.54, 1.807) is 4.31 Å². The van der Waals surface area contributed by atoms with Crippen LogP contribution in [0.4, 0.5) is 0 Å². The van der Waals surface area contributed by atoms with E-state index in [2.05, 4.69) is 0 Å². The Balaban J connectivity index is 1.99. The Hall–Kier alpha value is -0.130. The molecule has 1 heterocycles. The van der Waals surface area contributed by atoms with Gasteiger partial charge in [0, 0.05) is 19.1 Å². The molecular formula is C12H24N2O2S. The van der Waals surface area contributed by atoms with Gasteiger partial charge >= 0.3 is 0 Å². The molecule has 17 heavy (non-hydrogen) atoms. The summed E-state index contributed by atoms with van der Waals surface area (Å²) >= 11 is 0. The largest absolute Gasteiger partial charge is 0.327 e. The monoisotopic (exact) mass is 260 g/mol. The third-order valence-electron chi connectivity index (χ3n) is 4.55. The van der Waals surface area contributed by atoms with Crippen LogP contribution in [-0.4, -0.2) is 37.6 Å². The van der Waals surface area contributed by atoms with Crippen LogP contribution in [0.15, 0.2) is 0 Å². The summed E-state index contributed by atoms with van der Waals surface area (Å²) in [6, 6.07) is 0.290. The summed E-state index contributed by atoms with van der Waals surface area (Å²) in [6.07, 6.45) is 6.12. The van der Waals surface area contributed by atoms with Crippen LogP contribution in [0.1, 0.15) is 45.4 Å². The van der Waals surface area contributed by atoms with Gasteiger partial charge in [-0.05, 0) is 37.5 Å². The molecule has 2 aliphatic rings. The van der Waals surface area contributed by atoms with E-state index in [-0.39, 0.29) is 11.2 Å². The van der Waals surface area contributed by atoms with Gasteiger partial charge in [-0.15, -0.1) is 0 Å². The quantitative estimate of drug-likeness (QED) is 0.832. The maximum atomic E-state index is 12.0. The Morgan fingerprint density at radius 1 is 1.29 bits per heavy atom. The fourth-order valence-corrected chi connectivity index (χ4v) is 4.90. The predicted molar refractivity (Wildman–Crippen MR) is 69.1 cm³/mol. The average molecular weight is 260 g/mol. The average Bonchev–Trinajstić information content (AvgIpc) is 2.61. The fourth-order valence-electron chi connectivity index (χ4n) is 3.38. The molecule has 1 saturated heterocycles. The van der Waals surface area contributed by atoms with Crippen molar-refractivity contribution in [1.29, 1.82) is 0 Å². The van der Waals surface area contributed by atoms with Gasteiger partial charge in [-0.1, -0.05) is 13.3 Å². The van der Waals surface area contributed by atoms with E-state index in [0.717, 1.165) is 19.3 Å². The lowest BCUT2D eigenvalue weighted by Crippen LogP contribution is -2.48. The Morgan fingerprint density at radius 2 is 1.94 bits per heavy atom. The highest BCUT2D eigenvalue weighted by Gasteiger charge is 2.44. The Bertz CT molecular complexity index is 359. The smallest absolute Gasteiger partial charge is 0.214 e. The molecule has 1 unspecified atom stereocenters. The molecule has 100 valence electrons. The molecule has 1 aliphatic carbocycles. The summed E-state index contributed by atoms with van der Waals surface area (Å²) in [5, 5.41) is 0. The Labute approximate surface area is 105 Å². The molecule has 2 rings (SSSR count). The zero-order chi connectivity index (χ0) is 12.5. The number of nitrogens with two attached hydrogens (primary N) is 1. The Kier molecular flexibility index (Phi) is 3.80. The van der Waals surface area contributed by atoms with Crippen LogP contribution < -0.4 is 5.73 Å². The number of hydrogen-bond donors (Lipinski definition) is 1. The first-order valence-electron chi connectivity index (χ1n) is 6.74. The van der Waals surface area contributed by atoms with Crippen LogP contribution in [0.25, 0.3) is 0 Å². The van der Waals surface area contributed by atoms with E-state index >= 15 is 0 Å². The topological polar surface area (TPSA) is 63.4 Å². The molecule has 2 fully saturated rings. The van der Waals surface area contributed by atoms with Gasteiger partial charge in [0.25, 0.3) is 0 Å². The second-order valence-electron chi connectivity index (χ2n) is 5.58. The minimum atomic E-state index is -3.00. The van der Waals surface area contributed by atoms with E-state index in [9.17, 15) is 8.42 Å². The molecule has 1 atom stereocenters. The first-order chi connectivity index (χ1) is 8.00. The third-order valence-corrected chi connectivity index (χ3v) is 6.63. The minimum absolute atomic E-state index is 0.248. The van der Waals surface area contributed by atoms with E-state index in [4.69, 9.17) is 5.73 Å². The summed E-state index contributed by atoms with van der Waals surface area (Å²) in [5.74, 6) is 0.284. The fraction of sp³-hybridized carbons (Fsp3) is 1.00. The van der Waals surface area contributed by atoms with Gasteiger partial charge in [-0.25, -0.2) is 12.7 Å². The van der Waals surface area contributed by atoms with E-state index in [1.165, 1.54) is 12.8 Å². The molecule has 0 aromatic heterocycles. The lowest BCUT2D eigenvalue weighted by molar-refractivity contribution is 0.141. The van der Waals surface area contributed by atoms with E-state index in [0.29, 0.717) is 25.6 Å². The number of piperidine rings is 1. The van der Waals surface area contributed by atoms with Crippen LogP contribution in [0.2, 0.25) is 0 Å². The van der Waals surface area contributed by atoms with Crippen LogP contribution >= 0.6 is 0 Å². The van der Waals surface area contributed by atoms with E-state index in [1.807, 2.05) is 6.92 Å².